The smallest absolute Gasteiger partial charge is 0.339 e. The maximum atomic E-state index is 13.5. The lowest BCUT2D eigenvalue weighted by atomic mass is 10.1. The number of hydrogen-bond donors (Lipinski definition) is 4. The fourth-order valence-corrected chi connectivity index (χ4v) is 5.06. The number of thioether (sulfide) groups is 1. The molecule has 10 nitrogen and oxygen atoms in total. The van der Waals surface area contributed by atoms with Gasteiger partial charge in [-0.2, -0.15) is 0 Å². The Labute approximate surface area is 264 Å². The predicted octanol–water partition coefficient (Wildman–Crippen LogP) is 5.72. The van der Waals surface area contributed by atoms with E-state index in [4.69, 9.17) is 9.47 Å². The number of rotatable bonds is 11. The fraction of sp³-hybridized carbons (Fsp3) is 0.118. The van der Waals surface area contributed by atoms with Crippen LogP contribution in [0.3, 0.4) is 0 Å². The summed E-state index contributed by atoms with van der Waals surface area (Å²) in [5.74, 6) is -1.72. The minimum absolute atomic E-state index is 0.0202. The van der Waals surface area contributed by atoms with E-state index in [2.05, 4.69) is 16.0 Å². The molecule has 0 spiro atoms. The number of para-hydroxylation sites is 1. The third kappa shape index (κ3) is 8.74. The highest BCUT2D eigenvalue weighted by Gasteiger charge is 2.20. The van der Waals surface area contributed by atoms with Gasteiger partial charge < -0.3 is 30.5 Å². The van der Waals surface area contributed by atoms with Gasteiger partial charge in [0.2, 0.25) is 5.91 Å². The Morgan fingerprint density at radius 1 is 0.844 bits per heavy atom. The second kappa shape index (κ2) is 15.3. The second-order valence-electron chi connectivity index (χ2n) is 9.57. The molecule has 0 heterocycles. The minimum Gasteiger partial charge on any atom is -0.508 e. The van der Waals surface area contributed by atoms with Gasteiger partial charge in [-0.3, -0.25) is 14.4 Å². The Hall–Kier alpha value is -5.55. The number of phenols is 1. The standard InChI is InChI=1S/C34H31N3O7S/c1-21(31(39)36-28-15-8-7-14-27(28)34(42)44-3)45-26-13-9-12-24(19-26)35-33(41)29(37-32(40)22-10-5-4-6-11-22)18-23-16-17-25(38)20-30(23)43-2/h4-21,38H,1-3H3,(H,35,41)(H,36,39)(H,37,40)/b29-18+. The number of ether oxygens (including phenoxy) is 2. The average Bonchev–Trinajstić information content (AvgIpc) is 3.05. The third-order valence-corrected chi connectivity index (χ3v) is 7.50. The van der Waals surface area contributed by atoms with Gasteiger partial charge in [0.05, 0.1) is 30.7 Å². The Balaban J connectivity index is 1.52. The first-order chi connectivity index (χ1) is 21.7. The summed E-state index contributed by atoms with van der Waals surface area (Å²) in [5, 5.41) is 17.5. The van der Waals surface area contributed by atoms with Crippen molar-refractivity contribution in [3.8, 4) is 11.5 Å². The van der Waals surface area contributed by atoms with Crippen LogP contribution < -0.4 is 20.7 Å². The SMILES string of the molecule is COC(=O)c1ccccc1NC(=O)C(C)Sc1cccc(NC(=O)/C(=C\c2ccc(O)cc2OC)NC(=O)c2ccccc2)c1. The van der Waals surface area contributed by atoms with Crippen LogP contribution in [0.5, 0.6) is 11.5 Å². The van der Waals surface area contributed by atoms with Gasteiger partial charge in [-0.05, 0) is 67.6 Å². The van der Waals surface area contributed by atoms with Crippen LogP contribution in [0.15, 0.2) is 108 Å². The molecule has 1 atom stereocenters. The monoisotopic (exact) mass is 625 g/mol. The first kappa shape index (κ1) is 32.4. The quantitative estimate of drug-likeness (QED) is 0.0942. The summed E-state index contributed by atoms with van der Waals surface area (Å²) in [6.45, 7) is 1.72. The van der Waals surface area contributed by atoms with E-state index >= 15 is 0 Å². The number of esters is 1. The van der Waals surface area contributed by atoms with Crippen LogP contribution in [0, 0.1) is 0 Å². The van der Waals surface area contributed by atoms with Gasteiger partial charge >= 0.3 is 5.97 Å². The molecule has 4 rings (SSSR count). The van der Waals surface area contributed by atoms with Gasteiger partial charge in [0.1, 0.15) is 17.2 Å². The number of aromatic hydroxyl groups is 1. The van der Waals surface area contributed by atoms with E-state index in [1.54, 1.807) is 91.9 Å². The van der Waals surface area contributed by atoms with Crippen molar-refractivity contribution in [1.82, 2.24) is 5.32 Å². The zero-order chi connectivity index (χ0) is 32.3. The number of amides is 3. The van der Waals surface area contributed by atoms with Crippen LogP contribution in [0.4, 0.5) is 11.4 Å². The number of phenolic OH excluding ortho intramolecular Hbond substituents is 1. The molecule has 1 unspecified atom stereocenters. The van der Waals surface area contributed by atoms with Crippen molar-refractivity contribution >= 4 is 52.9 Å². The van der Waals surface area contributed by atoms with Gasteiger partial charge in [-0.25, -0.2) is 4.79 Å². The maximum absolute atomic E-state index is 13.5. The van der Waals surface area contributed by atoms with Crippen molar-refractivity contribution in [2.24, 2.45) is 0 Å². The van der Waals surface area contributed by atoms with Crippen LogP contribution >= 0.6 is 11.8 Å². The fourth-order valence-electron chi connectivity index (χ4n) is 4.13. The summed E-state index contributed by atoms with van der Waals surface area (Å²) in [5.41, 5.74) is 1.74. The number of hydrogen-bond acceptors (Lipinski definition) is 8. The van der Waals surface area contributed by atoms with Crippen LogP contribution in [0.1, 0.15) is 33.2 Å². The van der Waals surface area contributed by atoms with Crippen molar-refractivity contribution in [1.29, 1.82) is 0 Å². The highest BCUT2D eigenvalue weighted by molar-refractivity contribution is 8.00. The highest BCUT2D eigenvalue weighted by Crippen LogP contribution is 2.29. The number of methoxy groups -OCH3 is 2. The lowest BCUT2D eigenvalue weighted by Crippen LogP contribution is -2.30. The van der Waals surface area contributed by atoms with Crippen LogP contribution in [0.25, 0.3) is 6.08 Å². The second-order valence-corrected chi connectivity index (χ2v) is 11.0. The van der Waals surface area contributed by atoms with Gasteiger partial charge in [0.15, 0.2) is 0 Å². The maximum Gasteiger partial charge on any atom is 0.339 e. The van der Waals surface area contributed by atoms with Gasteiger partial charge in [-0.15, -0.1) is 11.8 Å². The van der Waals surface area contributed by atoms with Gasteiger partial charge in [-0.1, -0.05) is 36.4 Å². The molecule has 0 fully saturated rings. The molecule has 0 aliphatic rings. The molecule has 0 aromatic heterocycles. The largest absolute Gasteiger partial charge is 0.508 e. The Morgan fingerprint density at radius 2 is 1.58 bits per heavy atom. The molecule has 0 radical (unpaired) electrons. The molecule has 11 heteroatoms. The molecular formula is C34H31N3O7S. The predicted molar refractivity (Wildman–Crippen MR) is 173 cm³/mol. The Morgan fingerprint density at radius 3 is 2.31 bits per heavy atom. The van der Waals surface area contributed by atoms with Crippen LogP contribution in [-0.4, -0.2) is 48.3 Å². The molecule has 45 heavy (non-hydrogen) atoms. The third-order valence-electron chi connectivity index (χ3n) is 6.41. The normalized spacial score (nSPS) is 11.6. The molecular weight excluding hydrogens is 594 g/mol. The molecule has 3 amide bonds. The van der Waals surface area contributed by atoms with Crippen molar-refractivity contribution in [3.05, 3.63) is 119 Å². The highest BCUT2D eigenvalue weighted by atomic mass is 32.2. The summed E-state index contributed by atoms with van der Waals surface area (Å²) in [6, 6.07) is 26.3. The molecule has 0 aliphatic heterocycles. The molecule has 0 saturated heterocycles. The van der Waals surface area contributed by atoms with E-state index in [9.17, 15) is 24.3 Å². The molecule has 4 aromatic carbocycles. The van der Waals surface area contributed by atoms with E-state index < -0.39 is 23.0 Å². The van der Waals surface area contributed by atoms with E-state index in [1.807, 2.05) is 0 Å². The molecule has 0 saturated carbocycles. The van der Waals surface area contributed by atoms with Crippen LogP contribution in [0.2, 0.25) is 0 Å². The van der Waals surface area contributed by atoms with Crippen molar-refractivity contribution in [3.63, 3.8) is 0 Å². The number of carbonyl (C=O) groups is 4. The van der Waals surface area contributed by atoms with E-state index in [0.29, 0.717) is 33.1 Å². The lowest BCUT2D eigenvalue weighted by molar-refractivity contribution is -0.115. The summed E-state index contributed by atoms with van der Waals surface area (Å²) < 4.78 is 10.1. The lowest BCUT2D eigenvalue weighted by Gasteiger charge is -2.15. The van der Waals surface area contributed by atoms with E-state index in [1.165, 1.54) is 44.2 Å². The number of benzene rings is 4. The number of nitrogens with one attached hydrogen (secondary N) is 3. The molecule has 230 valence electrons. The number of anilines is 2. The van der Waals surface area contributed by atoms with Gasteiger partial charge in [0, 0.05) is 27.8 Å². The molecule has 0 bridgehead atoms. The first-order valence-electron chi connectivity index (χ1n) is 13.7. The van der Waals surface area contributed by atoms with Gasteiger partial charge in [0.25, 0.3) is 11.8 Å². The summed E-state index contributed by atoms with van der Waals surface area (Å²) in [6.07, 6.45) is 1.45. The molecule has 0 aliphatic carbocycles. The van der Waals surface area contributed by atoms with Crippen LogP contribution in [-0.2, 0) is 14.3 Å². The molecule has 4 N–H and O–H groups in total. The zero-order valence-electron chi connectivity index (χ0n) is 24.7. The molecule has 4 aromatic rings. The average molecular weight is 626 g/mol. The number of carbonyl (C=O) groups excluding carboxylic acids is 4. The first-order valence-corrected chi connectivity index (χ1v) is 14.6. The van der Waals surface area contributed by atoms with E-state index in [0.717, 1.165) is 0 Å². The van der Waals surface area contributed by atoms with Crippen molar-refractivity contribution in [2.45, 2.75) is 17.1 Å². The Bertz CT molecular complexity index is 1740. The van der Waals surface area contributed by atoms with Crippen molar-refractivity contribution in [2.75, 3.05) is 24.9 Å². The summed E-state index contributed by atoms with van der Waals surface area (Å²) in [4.78, 5) is 52.2. The zero-order valence-corrected chi connectivity index (χ0v) is 25.5. The Kier molecular flexibility index (Phi) is 11.0. The van der Waals surface area contributed by atoms with E-state index in [-0.39, 0.29) is 22.9 Å². The minimum atomic E-state index is -0.609. The van der Waals surface area contributed by atoms with Crippen molar-refractivity contribution < 1.29 is 33.8 Å². The summed E-state index contributed by atoms with van der Waals surface area (Å²) >= 11 is 1.25. The topological polar surface area (TPSA) is 143 Å². The summed E-state index contributed by atoms with van der Waals surface area (Å²) in [7, 11) is 2.70.